The molecule has 0 atom stereocenters. The lowest BCUT2D eigenvalue weighted by atomic mass is 10.1. The monoisotopic (exact) mass is 404 g/mol. The second-order valence-electron chi connectivity index (χ2n) is 6.61. The fraction of sp³-hybridized carbons (Fsp3) is 0.125. The highest BCUT2D eigenvalue weighted by Gasteiger charge is 2.25. The van der Waals surface area contributed by atoms with Gasteiger partial charge in [0, 0.05) is 16.3 Å². The summed E-state index contributed by atoms with van der Waals surface area (Å²) in [6.07, 6.45) is -0.582. The molecule has 0 saturated heterocycles. The molecule has 3 aromatic rings. The van der Waals surface area contributed by atoms with Crippen LogP contribution in [0.5, 0.6) is 0 Å². The number of amides is 1. The first-order valence-corrected chi connectivity index (χ1v) is 11.3. The van der Waals surface area contributed by atoms with E-state index in [9.17, 15) is 4.79 Å². The van der Waals surface area contributed by atoms with Gasteiger partial charge in [-0.1, -0.05) is 90.5 Å². The molecule has 0 fully saturated rings. The van der Waals surface area contributed by atoms with Crippen LogP contribution in [0.2, 0.25) is 0 Å². The summed E-state index contributed by atoms with van der Waals surface area (Å²) in [5, 5.41) is 1.88. The van der Waals surface area contributed by atoms with Crippen molar-refractivity contribution in [3.63, 3.8) is 0 Å². The first-order chi connectivity index (χ1) is 14.0. The molecular weight excluding hydrogens is 379 g/mol. The molecule has 0 spiro atoms. The molecule has 3 aromatic carbocycles. The molecule has 2 N–H and O–H groups in total. The largest absolute Gasteiger partial charge is 0.448 e. The maximum atomic E-state index is 12.5. The van der Waals surface area contributed by atoms with Gasteiger partial charge in [0.2, 0.25) is 0 Å². The Morgan fingerprint density at radius 3 is 1.93 bits per heavy atom. The van der Waals surface area contributed by atoms with Crippen molar-refractivity contribution >= 4 is 29.5 Å². The summed E-state index contributed by atoms with van der Waals surface area (Å²) < 4.78 is 9.81. The molecule has 0 aliphatic rings. The van der Waals surface area contributed by atoms with Gasteiger partial charge in [0.05, 0.1) is 13.7 Å². The van der Waals surface area contributed by atoms with Gasteiger partial charge in [-0.15, -0.1) is 0 Å². The van der Waals surface area contributed by atoms with E-state index >= 15 is 0 Å². The molecule has 0 aliphatic heterocycles. The van der Waals surface area contributed by atoms with Gasteiger partial charge in [0.1, 0.15) is 0 Å². The molecule has 0 bridgehead atoms. The van der Waals surface area contributed by atoms with Gasteiger partial charge in [-0.3, -0.25) is 0 Å². The second kappa shape index (κ2) is 9.40. The lowest BCUT2D eigenvalue weighted by Gasteiger charge is -2.23. The van der Waals surface area contributed by atoms with E-state index in [4.69, 9.17) is 10.5 Å². The molecule has 148 valence electrons. The number of nitrogens with zero attached hydrogens (tertiary/aromatic N) is 1. The van der Waals surface area contributed by atoms with Gasteiger partial charge in [-0.05, 0) is 25.2 Å². The second-order valence-corrected chi connectivity index (χ2v) is 9.47. The first-order valence-electron chi connectivity index (χ1n) is 9.50. The van der Waals surface area contributed by atoms with Crippen molar-refractivity contribution in [3.05, 3.63) is 102 Å². The summed E-state index contributed by atoms with van der Waals surface area (Å²) in [5.74, 6) is 1.94. The van der Waals surface area contributed by atoms with Gasteiger partial charge in [-0.25, -0.2) is 4.79 Å². The number of nitrogens with two attached hydrogens (primary N) is 1. The van der Waals surface area contributed by atoms with Gasteiger partial charge in [-0.2, -0.15) is 4.74 Å². The minimum absolute atomic E-state index is 0.267. The lowest BCUT2D eigenvalue weighted by molar-refractivity contribution is 0.164. The normalized spacial score (nSPS) is 11.7. The van der Waals surface area contributed by atoms with Gasteiger partial charge < -0.3 is 10.5 Å². The van der Waals surface area contributed by atoms with E-state index in [1.807, 2.05) is 97.7 Å². The van der Waals surface area contributed by atoms with Crippen LogP contribution in [-0.4, -0.2) is 12.7 Å². The quantitative estimate of drug-likeness (QED) is 0.590. The summed E-state index contributed by atoms with van der Waals surface area (Å²) in [4.78, 5) is 12.5. The molecule has 0 aromatic heterocycles. The van der Waals surface area contributed by atoms with Crippen LogP contribution in [0.4, 0.5) is 4.79 Å². The van der Waals surface area contributed by atoms with E-state index in [2.05, 4.69) is 4.74 Å². The number of carbonyl (C=O) groups is 1. The predicted octanol–water partition coefficient (Wildman–Crippen LogP) is 5.26. The molecule has 5 heteroatoms. The van der Waals surface area contributed by atoms with Crippen molar-refractivity contribution in [3.8, 4) is 0 Å². The third-order valence-electron chi connectivity index (χ3n) is 4.52. The Labute approximate surface area is 172 Å². The van der Waals surface area contributed by atoms with Crippen LogP contribution in [0, 0.1) is 6.92 Å². The molecule has 0 aliphatic carbocycles. The maximum Gasteiger partial charge on any atom is 0.433 e. The number of ether oxygens (including phenoxy) is 1. The van der Waals surface area contributed by atoms with E-state index in [0.717, 1.165) is 21.7 Å². The molecule has 3 rings (SSSR count). The zero-order valence-corrected chi connectivity index (χ0v) is 17.6. The maximum absolute atomic E-state index is 12.5. The molecule has 0 unspecified atom stereocenters. The Morgan fingerprint density at radius 2 is 1.45 bits per heavy atom. The summed E-state index contributed by atoms with van der Waals surface area (Å²) in [5.41, 5.74) is 9.17. The number of hydrogen-bond donors (Lipinski definition) is 1. The smallest absolute Gasteiger partial charge is 0.433 e. The van der Waals surface area contributed by atoms with Crippen LogP contribution < -0.4 is 16.3 Å². The lowest BCUT2D eigenvalue weighted by Crippen LogP contribution is -2.17. The third kappa shape index (κ3) is 4.85. The van der Waals surface area contributed by atoms with E-state index in [-0.39, 0.29) is 6.61 Å². The Morgan fingerprint density at radius 1 is 0.931 bits per heavy atom. The van der Waals surface area contributed by atoms with Crippen LogP contribution in [0.25, 0.3) is 5.70 Å². The van der Waals surface area contributed by atoms with Crippen molar-refractivity contribution in [2.45, 2.75) is 13.8 Å². The summed E-state index contributed by atoms with van der Waals surface area (Å²) in [6, 6.07) is 27.6. The van der Waals surface area contributed by atoms with Crippen molar-refractivity contribution in [2.24, 2.45) is 10.5 Å². The Hall–Kier alpha value is -3.10. The van der Waals surface area contributed by atoms with Crippen LogP contribution in [0.3, 0.4) is 0 Å². The van der Waals surface area contributed by atoms with Gasteiger partial charge in [0.25, 0.3) is 0 Å². The number of benzene rings is 3. The van der Waals surface area contributed by atoms with E-state index in [0.29, 0.717) is 5.70 Å². The van der Waals surface area contributed by atoms with E-state index < -0.39 is 13.1 Å². The standard InChI is InChI=1S/C24H25N2O2P/c1-3-28-24(27)26-29(21-10-6-4-7-11-21,22-12-8-5-9-13-22)18-23(25)20-16-14-19(2)15-17-20/h4-18H,3,25H2,1-2H3/b23-18-. The third-order valence-corrected chi connectivity index (χ3v) is 7.82. The first kappa shape index (κ1) is 20.6. The molecule has 0 saturated carbocycles. The van der Waals surface area contributed by atoms with Crippen molar-refractivity contribution in [2.75, 3.05) is 6.61 Å². The van der Waals surface area contributed by atoms with Crippen LogP contribution in [-0.2, 0) is 4.74 Å². The van der Waals surface area contributed by atoms with E-state index in [1.54, 1.807) is 6.92 Å². The predicted molar refractivity (Wildman–Crippen MR) is 122 cm³/mol. The highest BCUT2D eigenvalue weighted by Crippen LogP contribution is 2.50. The van der Waals surface area contributed by atoms with Crippen molar-refractivity contribution in [1.82, 2.24) is 0 Å². The molecule has 1 amide bonds. The van der Waals surface area contributed by atoms with Crippen LogP contribution in [0.1, 0.15) is 18.1 Å². The van der Waals surface area contributed by atoms with Crippen molar-refractivity contribution < 1.29 is 9.53 Å². The molecule has 4 nitrogen and oxygen atoms in total. The zero-order chi connectivity index (χ0) is 20.7. The van der Waals surface area contributed by atoms with E-state index in [1.165, 1.54) is 0 Å². The fourth-order valence-corrected chi connectivity index (χ4v) is 6.06. The minimum Gasteiger partial charge on any atom is -0.448 e. The highest BCUT2D eigenvalue weighted by molar-refractivity contribution is 7.84. The Balaban J connectivity index is 2.31. The Bertz CT molecular complexity index is 1000. The number of carbonyl (C=O) groups excluding carboxylic acids is 1. The minimum atomic E-state index is -2.66. The fourth-order valence-electron chi connectivity index (χ4n) is 3.06. The zero-order valence-electron chi connectivity index (χ0n) is 16.7. The highest BCUT2D eigenvalue weighted by atomic mass is 31.2. The van der Waals surface area contributed by atoms with Gasteiger partial charge >= 0.3 is 6.09 Å². The average Bonchev–Trinajstić information content (AvgIpc) is 2.75. The topological polar surface area (TPSA) is 64.7 Å². The van der Waals surface area contributed by atoms with Gasteiger partial charge in [0.15, 0.2) is 0 Å². The summed E-state index contributed by atoms with van der Waals surface area (Å²) in [7, 11) is -2.66. The number of rotatable bonds is 5. The van der Waals surface area contributed by atoms with Crippen LogP contribution in [0.15, 0.2) is 95.5 Å². The molecule has 29 heavy (non-hydrogen) atoms. The number of hydrogen-bond acceptors (Lipinski definition) is 3. The molecular formula is C24H25N2O2P. The molecule has 0 radical (unpaired) electrons. The van der Waals surface area contributed by atoms with Crippen molar-refractivity contribution in [1.29, 1.82) is 0 Å². The summed E-state index contributed by atoms with van der Waals surface area (Å²) in [6.45, 7) is 4.07. The summed E-state index contributed by atoms with van der Waals surface area (Å²) >= 11 is 0. The Kier molecular flexibility index (Phi) is 6.69. The van der Waals surface area contributed by atoms with Crippen LogP contribution >= 0.6 is 7.05 Å². The average molecular weight is 404 g/mol. The SMILES string of the molecule is CCOC(=O)N=P(/C=C(\N)c1ccc(C)cc1)(c1ccccc1)c1ccccc1. The number of aryl methyl sites for hydroxylation is 1. The molecule has 0 heterocycles.